The van der Waals surface area contributed by atoms with Crippen molar-refractivity contribution >= 4 is 17.7 Å². The van der Waals surface area contributed by atoms with Crippen molar-refractivity contribution in [2.24, 2.45) is 0 Å². The van der Waals surface area contributed by atoms with Crippen LogP contribution in [-0.4, -0.2) is 18.3 Å². The summed E-state index contributed by atoms with van der Waals surface area (Å²) in [5.74, 6) is 1.32. The molecule has 2 aromatic rings. The molecular formula is C18H21NO2S. The van der Waals surface area contributed by atoms with Crippen LogP contribution in [0.4, 0.5) is 0 Å². The first-order chi connectivity index (χ1) is 10.7. The van der Waals surface area contributed by atoms with Gasteiger partial charge in [-0.3, -0.25) is 4.79 Å². The number of ether oxygens (including phenoxy) is 1. The van der Waals surface area contributed by atoms with Crippen molar-refractivity contribution in [1.82, 2.24) is 5.32 Å². The molecule has 0 atom stereocenters. The molecule has 116 valence electrons. The molecule has 3 nitrogen and oxygen atoms in total. The molecule has 2 aromatic carbocycles. The van der Waals surface area contributed by atoms with Crippen molar-refractivity contribution in [3.8, 4) is 5.75 Å². The summed E-state index contributed by atoms with van der Waals surface area (Å²) in [6.07, 6.45) is 0. The SMILES string of the molecule is CCOc1ccc(SCC(=O)NCc2ccccc2C)cc1. The van der Waals surface area contributed by atoms with Crippen molar-refractivity contribution in [1.29, 1.82) is 0 Å². The summed E-state index contributed by atoms with van der Waals surface area (Å²) in [4.78, 5) is 13.0. The lowest BCUT2D eigenvalue weighted by molar-refractivity contribution is -0.118. The van der Waals surface area contributed by atoms with Crippen molar-refractivity contribution < 1.29 is 9.53 Å². The fourth-order valence-corrected chi connectivity index (χ4v) is 2.73. The molecular weight excluding hydrogens is 294 g/mol. The fourth-order valence-electron chi connectivity index (χ4n) is 2.00. The normalized spacial score (nSPS) is 10.3. The van der Waals surface area contributed by atoms with E-state index in [0.717, 1.165) is 16.2 Å². The van der Waals surface area contributed by atoms with E-state index >= 15 is 0 Å². The molecule has 1 amide bonds. The van der Waals surface area contributed by atoms with Crippen molar-refractivity contribution in [3.63, 3.8) is 0 Å². The van der Waals surface area contributed by atoms with Gasteiger partial charge >= 0.3 is 0 Å². The average Bonchev–Trinajstić information content (AvgIpc) is 2.54. The molecule has 0 saturated heterocycles. The summed E-state index contributed by atoms with van der Waals surface area (Å²) in [5, 5.41) is 2.96. The number of carbonyl (C=O) groups is 1. The van der Waals surface area contributed by atoms with Crippen LogP contribution in [-0.2, 0) is 11.3 Å². The Morgan fingerprint density at radius 2 is 1.86 bits per heavy atom. The zero-order chi connectivity index (χ0) is 15.8. The number of nitrogens with one attached hydrogen (secondary N) is 1. The minimum absolute atomic E-state index is 0.0436. The molecule has 0 saturated carbocycles. The van der Waals surface area contributed by atoms with Crippen LogP contribution < -0.4 is 10.1 Å². The number of thioether (sulfide) groups is 1. The van der Waals surface area contributed by atoms with Crippen LogP contribution >= 0.6 is 11.8 Å². The molecule has 0 heterocycles. The number of amides is 1. The van der Waals surface area contributed by atoms with Gasteiger partial charge in [-0.1, -0.05) is 24.3 Å². The highest BCUT2D eigenvalue weighted by Gasteiger charge is 2.04. The standard InChI is InChI=1S/C18H21NO2S/c1-3-21-16-8-10-17(11-9-16)22-13-18(20)19-12-15-7-5-4-6-14(15)2/h4-11H,3,12-13H2,1-2H3,(H,19,20). The van der Waals surface area contributed by atoms with Gasteiger partial charge in [-0.25, -0.2) is 0 Å². The van der Waals surface area contributed by atoms with E-state index in [1.54, 1.807) is 0 Å². The van der Waals surface area contributed by atoms with Gasteiger partial charge in [-0.05, 0) is 49.2 Å². The number of hydrogen-bond donors (Lipinski definition) is 1. The topological polar surface area (TPSA) is 38.3 Å². The van der Waals surface area contributed by atoms with E-state index in [9.17, 15) is 4.79 Å². The maximum atomic E-state index is 11.9. The summed E-state index contributed by atoms with van der Waals surface area (Å²) in [5.41, 5.74) is 2.35. The molecule has 0 aliphatic heterocycles. The van der Waals surface area contributed by atoms with Crippen molar-refractivity contribution in [2.75, 3.05) is 12.4 Å². The smallest absolute Gasteiger partial charge is 0.230 e. The highest BCUT2D eigenvalue weighted by Crippen LogP contribution is 2.21. The Kier molecular flexibility index (Phi) is 6.34. The quantitative estimate of drug-likeness (QED) is 0.790. The fraction of sp³-hybridized carbons (Fsp3) is 0.278. The van der Waals surface area contributed by atoms with Gasteiger partial charge in [0.15, 0.2) is 0 Å². The molecule has 22 heavy (non-hydrogen) atoms. The highest BCUT2D eigenvalue weighted by atomic mass is 32.2. The van der Waals surface area contributed by atoms with E-state index in [4.69, 9.17) is 4.74 Å². The highest BCUT2D eigenvalue weighted by molar-refractivity contribution is 8.00. The minimum Gasteiger partial charge on any atom is -0.494 e. The third-order valence-corrected chi connectivity index (χ3v) is 4.25. The van der Waals surface area contributed by atoms with Gasteiger partial charge in [-0.15, -0.1) is 11.8 Å². The van der Waals surface area contributed by atoms with Crippen LogP contribution in [0.25, 0.3) is 0 Å². The summed E-state index contributed by atoms with van der Waals surface area (Å²) < 4.78 is 5.40. The average molecular weight is 315 g/mol. The summed E-state index contributed by atoms with van der Waals surface area (Å²) >= 11 is 1.53. The Morgan fingerprint density at radius 3 is 2.55 bits per heavy atom. The monoisotopic (exact) mass is 315 g/mol. The van der Waals surface area contributed by atoms with E-state index in [-0.39, 0.29) is 5.91 Å². The Hall–Kier alpha value is -1.94. The number of aryl methyl sites for hydroxylation is 1. The van der Waals surface area contributed by atoms with Crippen LogP contribution in [0.5, 0.6) is 5.75 Å². The van der Waals surface area contributed by atoms with Gasteiger partial charge in [0.25, 0.3) is 0 Å². The molecule has 4 heteroatoms. The lowest BCUT2D eigenvalue weighted by Gasteiger charge is -2.08. The summed E-state index contributed by atoms with van der Waals surface area (Å²) in [7, 11) is 0. The molecule has 0 radical (unpaired) electrons. The predicted octanol–water partition coefficient (Wildman–Crippen LogP) is 3.80. The van der Waals surface area contributed by atoms with E-state index in [2.05, 4.69) is 18.3 Å². The molecule has 0 spiro atoms. The number of carbonyl (C=O) groups excluding carboxylic acids is 1. The van der Waals surface area contributed by atoms with Crippen LogP contribution in [0.15, 0.2) is 53.4 Å². The zero-order valence-electron chi connectivity index (χ0n) is 13.0. The summed E-state index contributed by atoms with van der Waals surface area (Å²) in [6.45, 7) is 5.25. The second-order valence-electron chi connectivity index (χ2n) is 4.90. The van der Waals surface area contributed by atoms with Crippen LogP contribution in [0, 0.1) is 6.92 Å². The lowest BCUT2D eigenvalue weighted by atomic mass is 10.1. The number of benzene rings is 2. The first-order valence-electron chi connectivity index (χ1n) is 7.36. The van der Waals surface area contributed by atoms with E-state index in [1.165, 1.54) is 17.3 Å². The van der Waals surface area contributed by atoms with Gasteiger partial charge < -0.3 is 10.1 Å². The van der Waals surface area contributed by atoms with Crippen molar-refractivity contribution in [2.45, 2.75) is 25.3 Å². The number of rotatable bonds is 7. The molecule has 0 aliphatic rings. The van der Waals surface area contributed by atoms with E-state index in [1.807, 2.05) is 49.4 Å². The molecule has 0 unspecified atom stereocenters. The van der Waals surface area contributed by atoms with Gasteiger partial charge in [0.1, 0.15) is 5.75 Å². The van der Waals surface area contributed by atoms with Crippen molar-refractivity contribution in [3.05, 3.63) is 59.7 Å². The maximum Gasteiger partial charge on any atom is 0.230 e. The Bertz CT molecular complexity index is 611. The largest absolute Gasteiger partial charge is 0.494 e. The van der Waals surface area contributed by atoms with Crippen LogP contribution in [0.3, 0.4) is 0 Å². The third kappa shape index (κ3) is 5.11. The predicted molar refractivity (Wildman–Crippen MR) is 91.4 cm³/mol. The van der Waals surface area contributed by atoms with E-state index in [0.29, 0.717) is 18.9 Å². The van der Waals surface area contributed by atoms with Crippen LogP contribution in [0.1, 0.15) is 18.1 Å². The van der Waals surface area contributed by atoms with Gasteiger partial charge in [0.05, 0.1) is 12.4 Å². The Balaban J connectivity index is 1.76. The molecule has 0 aliphatic carbocycles. The van der Waals surface area contributed by atoms with Crippen LogP contribution in [0.2, 0.25) is 0 Å². The molecule has 1 N–H and O–H groups in total. The summed E-state index contributed by atoms with van der Waals surface area (Å²) in [6, 6.07) is 15.9. The molecule has 2 rings (SSSR count). The van der Waals surface area contributed by atoms with Gasteiger partial charge in [0.2, 0.25) is 5.91 Å². The maximum absolute atomic E-state index is 11.9. The number of hydrogen-bond acceptors (Lipinski definition) is 3. The molecule has 0 bridgehead atoms. The zero-order valence-corrected chi connectivity index (χ0v) is 13.8. The van der Waals surface area contributed by atoms with Gasteiger partial charge in [0, 0.05) is 11.4 Å². The Labute approximate surface area is 136 Å². The minimum atomic E-state index is 0.0436. The first kappa shape index (κ1) is 16.4. The molecule has 0 fully saturated rings. The first-order valence-corrected chi connectivity index (χ1v) is 8.34. The van der Waals surface area contributed by atoms with E-state index < -0.39 is 0 Å². The van der Waals surface area contributed by atoms with Gasteiger partial charge in [-0.2, -0.15) is 0 Å². The second-order valence-corrected chi connectivity index (χ2v) is 5.95. The Morgan fingerprint density at radius 1 is 1.14 bits per heavy atom. The third-order valence-electron chi connectivity index (χ3n) is 3.24. The molecule has 0 aromatic heterocycles. The second kappa shape index (κ2) is 8.49. The lowest BCUT2D eigenvalue weighted by Crippen LogP contribution is -2.24.